The van der Waals surface area contributed by atoms with E-state index in [9.17, 15) is 19.5 Å². The van der Waals surface area contributed by atoms with E-state index in [1.165, 1.54) is 12.3 Å². The van der Waals surface area contributed by atoms with Crippen LogP contribution < -0.4 is 16.8 Å². The molecule has 6 N–H and O–H groups in total. The van der Waals surface area contributed by atoms with E-state index in [2.05, 4.69) is 5.32 Å². The van der Waals surface area contributed by atoms with Gasteiger partial charge in [-0.3, -0.25) is 9.59 Å². The molecule has 0 aromatic rings. The molecule has 0 aromatic heterocycles. The van der Waals surface area contributed by atoms with Crippen LogP contribution in [0.2, 0.25) is 0 Å². The number of fused-ring (bicyclic) bond motifs is 1. The molecule has 4 rings (SSSR count). The average Bonchev–Trinajstić information content (AvgIpc) is 3.60. The zero-order chi connectivity index (χ0) is 25.3. The van der Waals surface area contributed by atoms with Crippen molar-refractivity contribution in [3.05, 3.63) is 35.3 Å². The summed E-state index contributed by atoms with van der Waals surface area (Å²) in [6.07, 6.45) is 8.01. The highest BCUT2D eigenvalue weighted by molar-refractivity contribution is 6.24. The highest BCUT2D eigenvalue weighted by atomic mass is 19.2. The lowest BCUT2D eigenvalue weighted by molar-refractivity contribution is -0.135. The largest absolute Gasteiger partial charge is 0.477 e. The van der Waals surface area contributed by atoms with Crippen molar-refractivity contribution < 1.29 is 24.0 Å². The number of unbranched alkanes of at least 4 members (excludes halogenated alkanes) is 1. The lowest BCUT2D eigenvalue weighted by atomic mass is 9.89. The second-order valence-corrected chi connectivity index (χ2v) is 10.3. The number of carboxylic acid groups (broad SMARTS) is 1. The number of carboxylic acids is 1. The second kappa shape index (κ2) is 9.98. The molecule has 0 bridgehead atoms. The van der Waals surface area contributed by atoms with Gasteiger partial charge in [0.1, 0.15) is 11.4 Å². The Labute approximate surface area is 204 Å². The zero-order valence-electron chi connectivity index (χ0n) is 20.1. The number of nitrogens with zero attached hydrogens (tertiary/aromatic N) is 3. The molecule has 1 saturated carbocycles. The van der Waals surface area contributed by atoms with Gasteiger partial charge in [-0.05, 0) is 50.8 Å². The number of Topliss-reactive ketones (excluding diaryl/α,β-unsaturated/α-hetero) is 1. The number of carbonyl (C=O) groups is 3. The number of hydrogen-bond acceptors (Lipinski definition) is 8. The van der Waals surface area contributed by atoms with Gasteiger partial charge in [-0.2, -0.15) is 5.12 Å². The van der Waals surface area contributed by atoms with Crippen molar-refractivity contribution in [1.82, 2.24) is 20.2 Å². The normalized spacial score (nSPS) is 27.2. The predicted molar refractivity (Wildman–Crippen MR) is 127 cm³/mol. The van der Waals surface area contributed by atoms with E-state index in [0.717, 1.165) is 32.1 Å². The minimum atomic E-state index is -1.31. The summed E-state index contributed by atoms with van der Waals surface area (Å²) in [7, 11) is 0. The number of hydrogen-bond donors (Lipinski definition) is 4. The number of amides is 1. The summed E-state index contributed by atoms with van der Waals surface area (Å²) in [5.41, 5.74) is 11.0. The van der Waals surface area contributed by atoms with Crippen LogP contribution in [0.4, 0.5) is 4.48 Å². The number of nitrogens with one attached hydrogen (secondary N) is 1. The number of carbonyl (C=O) groups excluding carboxylic acids is 2. The van der Waals surface area contributed by atoms with E-state index >= 15 is 4.48 Å². The molecule has 192 valence electrons. The number of allylic oxidation sites excluding steroid dienone is 2. The quantitative estimate of drug-likeness (QED) is 0.196. The summed E-state index contributed by atoms with van der Waals surface area (Å²) in [5, 5.41) is 13.0. The maximum Gasteiger partial charge on any atom is 0.341 e. The van der Waals surface area contributed by atoms with E-state index < -0.39 is 24.0 Å². The topological polar surface area (TPSA) is 145 Å². The van der Waals surface area contributed by atoms with Crippen molar-refractivity contribution in [1.29, 1.82) is 0 Å². The van der Waals surface area contributed by atoms with E-state index in [1.54, 1.807) is 11.0 Å². The lowest BCUT2D eigenvalue weighted by Gasteiger charge is -2.43. The van der Waals surface area contributed by atoms with Crippen molar-refractivity contribution in [2.24, 2.45) is 16.9 Å². The van der Waals surface area contributed by atoms with Crippen molar-refractivity contribution in [3.63, 3.8) is 0 Å². The van der Waals surface area contributed by atoms with Crippen molar-refractivity contribution in [2.75, 3.05) is 26.2 Å². The Hall–Kier alpha value is -2.92. The summed E-state index contributed by atoms with van der Waals surface area (Å²) in [4.78, 5) is 40.2. The Morgan fingerprint density at radius 2 is 2.06 bits per heavy atom. The van der Waals surface area contributed by atoms with Crippen LogP contribution >= 0.6 is 0 Å². The van der Waals surface area contributed by atoms with Gasteiger partial charge in [0.05, 0.1) is 6.04 Å². The first kappa shape index (κ1) is 25.2. The smallest absolute Gasteiger partial charge is 0.341 e. The van der Waals surface area contributed by atoms with Gasteiger partial charge < -0.3 is 31.7 Å². The molecule has 3 heterocycles. The Morgan fingerprint density at radius 3 is 2.71 bits per heavy atom. The van der Waals surface area contributed by atoms with Gasteiger partial charge >= 0.3 is 5.97 Å². The summed E-state index contributed by atoms with van der Waals surface area (Å²) < 4.78 is 15.8. The van der Waals surface area contributed by atoms with Gasteiger partial charge in [0.25, 0.3) is 0 Å². The van der Waals surface area contributed by atoms with Crippen LogP contribution in [0.5, 0.6) is 0 Å². The van der Waals surface area contributed by atoms with E-state index in [0.29, 0.717) is 43.5 Å². The number of aliphatic carboxylic acids is 1. The summed E-state index contributed by atoms with van der Waals surface area (Å²) in [6.45, 7) is 4.15. The maximum atomic E-state index is 15.8. The Kier molecular flexibility index (Phi) is 7.18. The Bertz CT molecular complexity index is 977. The molecular weight excluding hydrogens is 455 g/mol. The molecule has 3 atom stereocenters. The van der Waals surface area contributed by atoms with E-state index in [1.807, 2.05) is 11.8 Å². The molecule has 2 fully saturated rings. The molecule has 35 heavy (non-hydrogen) atoms. The summed E-state index contributed by atoms with van der Waals surface area (Å²) >= 11 is 0. The number of nitrogens with two attached hydrogens (primary N) is 2. The average molecular weight is 491 g/mol. The van der Waals surface area contributed by atoms with Crippen LogP contribution in [0.15, 0.2) is 35.3 Å². The van der Waals surface area contributed by atoms with Crippen molar-refractivity contribution in [2.45, 2.75) is 63.7 Å². The molecule has 1 saturated heterocycles. The highest BCUT2D eigenvalue weighted by Gasteiger charge is 2.48. The van der Waals surface area contributed by atoms with Gasteiger partial charge in [-0.1, -0.05) is 17.8 Å². The summed E-state index contributed by atoms with van der Waals surface area (Å²) in [6, 6.07) is -0.564. The predicted octanol–water partition coefficient (Wildman–Crippen LogP) is 0.581. The minimum absolute atomic E-state index is 0.0107. The first-order chi connectivity index (χ1) is 16.6. The maximum absolute atomic E-state index is 15.8. The number of ketones is 1. The van der Waals surface area contributed by atoms with Crippen molar-refractivity contribution in [3.8, 4) is 0 Å². The second-order valence-electron chi connectivity index (χ2n) is 10.3. The molecule has 0 radical (unpaired) electrons. The molecular formula is C24H35FN6O4. The molecule has 0 spiro atoms. The van der Waals surface area contributed by atoms with E-state index in [4.69, 9.17) is 11.5 Å². The van der Waals surface area contributed by atoms with Crippen LogP contribution in [0.25, 0.3) is 0 Å². The Morgan fingerprint density at radius 1 is 1.31 bits per heavy atom. The third-order valence-corrected chi connectivity index (χ3v) is 7.27. The minimum Gasteiger partial charge on any atom is -0.477 e. The molecule has 3 unspecified atom stereocenters. The van der Waals surface area contributed by atoms with Gasteiger partial charge in [-0.25, -0.2) is 4.79 Å². The fraction of sp³-hybridized carbons (Fsp3) is 0.625. The molecule has 3 aliphatic heterocycles. The SMILES string of the molecule is CC1(CNC(=O)C(N)CCCCN)CCN(C2=CC=C3C(=O)C(C(=O)O)=CN(C4CC4)C3N2F)C1. The lowest BCUT2D eigenvalue weighted by Crippen LogP contribution is -2.53. The number of likely N-dealkylation sites (tertiary alicyclic amines) is 1. The van der Waals surface area contributed by atoms with Crippen LogP contribution in [-0.2, 0) is 14.4 Å². The third-order valence-electron chi connectivity index (χ3n) is 7.27. The van der Waals surface area contributed by atoms with Crippen LogP contribution in [0.1, 0.15) is 45.4 Å². The number of halogens is 1. The molecule has 10 nitrogen and oxygen atoms in total. The Balaban J connectivity index is 1.42. The van der Waals surface area contributed by atoms with Gasteiger partial charge in [0.15, 0.2) is 6.17 Å². The monoisotopic (exact) mass is 490 g/mol. The zero-order valence-corrected chi connectivity index (χ0v) is 20.1. The molecule has 4 aliphatic rings. The number of rotatable bonds is 10. The molecule has 1 amide bonds. The van der Waals surface area contributed by atoms with Crippen LogP contribution in [0, 0.1) is 5.41 Å². The van der Waals surface area contributed by atoms with E-state index in [-0.39, 0.29) is 28.5 Å². The molecule has 0 aromatic carbocycles. The highest BCUT2D eigenvalue weighted by Crippen LogP contribution is 2.41. The molecule has 1 aliphatic carbocycles. The molecule has 11 heteroatoms. The first-order valence-corrected chi connectivity index (χ1v) is 12.3. The fourth-order valence-corrected chi connectivity index (χ4v) is 4.98. The van der Waals surface area contributed by atoms with Gasteiger partial charge in [0.2, 0.25) is 11.7 Å². The van der Waals surface area contributed by atoms with Gasteiger partial charge in [0, 0.05) is 42.9 Å². The van der Waals surface area contributed by atoms with Gasteiger partial charge in [-0.15, -0.1) is 0 Å². The fourth-order valence-electron chi connectivity index (χ4n) is 4.98. The van der Waals surface area contributed by atoms with Crippen LogP contribution in [0.3, 0.4) is 0 Å². The first-order valence-electron chi connectivity index (χ1n) is 12.3. The standard InChI is InChI=1S/C24H35FN6O4/c1-24(13-28-21(33)18(27)4-2-3-10-26)9-11-29(14-24)19-8-7-16-20(32)17(23(34)35)12-30(15-5-6-15)22(16)31(19)25/h7-8,12,15,18,22H,2-6,9-11,13-14,26-27H2,1H3,(H,28,33)(H,34,35). The van der Waals surface area contributed by atoms with Crippen LogP contribution in [-0.4, -0.2) is 82.1 Å². The van der Waals surface area contributed by atoms with Crippen molar-refractivity contribution >= 4 is 17.7 Å². The third kappa shape index (κ3) is 5.20. The summed E-state index contributed by atoms with van der Waals surface area (Å²) in [5.74, 6) is -1.83.